The predicted molar refractivity (Wildman–Crippen MR) is 84.0 cm³/mol. The molecule has 0 saturated carbocycles. The zero-order valence-corrected chi connectivity index (χ0v) is 12.8. The number of rotatable bonds is 5. The van der Waals surface area contributed by atoms with Gasteiger partial charge in [0.05, 0.1) is 23.4 Å². The van der Waals surface area contributed by atoms with Crippen LogP contribution in [0.2, 0.25) is 0 Å². The molecule has 112 valence electrons. The lowest BCUT2D eigenvalue weighted by atomic mass is 10.1. The lowest BCUT2D eigenvalue weighted by molar-refractivity contribution is 0.415. The normalized spacial score (nSPS) is 11.1. The first-order chi connectivity index (χ1) is 9.97. The first-order valence-corrected chi connectivity index (χ1v) is 8.00. The van der Waals surface area contributed by atoms with E-state index in [1.807, 2.05) is 19.1 Å². The van der Waals surface area contributed by atoms with Gasteiger partial charge >= 0.3 is 0 Å². The molecule has 5 nitrogen and oxygen atoms in total. The molecule has 0 saturated heterocycles. The monoisotopic (exact) mass is 306 g/mol. The number of aryl methyl sites for hydroxylation is 1. The molecule has 0 unspecified atom stereocenters. The Morgan fingerprint density at radius 2 is 1.90 bits per heavy atom. The smallest absolute Gasteiger partial charge is 0.262 e. The first-order valence-electron chi connectivity index (χ1n) is 6.52. The summed E-state index contributed by atoms with van der Waals surface area (Å²) in [5.74, 6) is 0.335. The van der Waals surface area contributed by atoms with Crippen LogP contribution < -0.4 is 15.2 Å². The van der Waals surface area contributed by atoms with E-state index >= 15 is 0 Å². The van der Waals surface area contributed by atoms with Crippen LogP contribution in [-0.2, 0) is 16.4 Å². The number of anilines is 2. The summed E-state index contributed by atoms with van der Waals surface area (Å²) in [7, 11) is -2.23. The highest BCUT2D eigenvalue weighted by Gasteiger charge is 2.17. The third-order valence-electron chi connectivity index (χ3n) is 3.16. The number of sulfonamides is 1. The van der Waals surface area contributed by atoms with Gasteiger partial charge in [0.25, 0.3) is 10.0 Å². The third kappa shape index (κ3) is 3.28. The van der Waals surface area contributed by atoms with E-state index in [1.165, 1.54) is 25.3 Å². The van der Waals surface area contributed by atoms with Gasteiger partial charge in [0.15, 0.2) is 0 Å². The molecule has 0 aliphatic carbocycles. The van der Waals surface area contributed by atoms with Crippen molar-refractivity contribution in [3.05, 3.63) is 48.0 Å². The van der Waals surface area contributed by atoms with Crippen LogP contribution in [0, 0.1) is 0 Å². The molecule has 0 bridgehead atoms. The van der Waals surface area contributed by atoms with E-state index in [-0.39, 0.29) is 4.90 Å². The Hall–Kier alpha value is -2.21. The molecule has 2 aromatic rings. The predicted octanol–water partition coefficient (Wildman–Crippen LogP) is 2.64. The van der Waals surface area contributed by atoms with Gasteiger partial charge in [0, 0.05) is 6.07 Å². The molecule has 2 aromatic carbocycles. The zero-order valence-electron chi connectivity index (χ0n) is 12.0. The van der Waals surface area contributed by atoms with Crippen molar-refractivity contribution in [1.29, 1.82) is 0 Å². The number of benzene rings is 2. The lowest BCUT2D eigenvalue weighted by Gasteiger charge is -2.13. The largest absolute Gasteiger partial charge is 0.495 e. The second-order valence-corrected chi connectivity index (χ2v) is 6.20. The van der Waals surface area contributed by atoms with Crippen LogP contribution in [0.3, 0.4) is 0 Å². The molecule has 21 heavy (non-hydrogen) atoms. The molecule has 0 aromatic heterocycles. The van der Waals surface area contributed by atoms with E-state index in [0.717, 1.165) is 12.0 Å². The highest BCUT2D eigenvalue weighted by atomic mass is 32.2. The van der Waals surface area contributed by atoms with Gasteiger partial charge in [-0.25, -0.2) is 8.42 Å². The minimum atomic E-state index is -3.68. The van der Waals surface area contributed by atoms with Crippen molar-refractivity contribution in [3.63, 3.8) is 0 Å². The molecule has 0 aliphatic heterocycles. The molecule has 0 spiro atoms. The van der Waals surface area contributed by atoms with Gasteiger partial charge in [-0.15, -0.1) is 0 Å². The third-order valence-corrected chi connectivity index (χ3v) is 4.52. The SMILES string of the molecule is CCc1ccccc1NS(=O)(=O)c1ccc(N)c(OC)c1. The van der Waals surface area contributed by atoms with Gasteiger partial charge < -0.3 is 10.5 Å². The maximum Gasteiger partial charge on any atom is 0.262 e. The molecule has 6 heteroatoms. The minimum absolute atomic E-state index is 0.111. The number of nitrogens with two attached hydrogens (primary N) is 1. The maximum atomic E-state index is 12.4. The zero-order chi connectivity index (χ0) is 15.5. The number of hydrogen-bond acceptors (Lipinski definition) is 4. The minimum Gasteiger partial charge on any atom is -0.495 e. The van der Waals surface area contributed by atoms with Gasteiger partial charge in [-0.2, -0.15) is 0 Å². The molecule has 0 aliphatic rings. The van der Waals surface area contributed by atoms with E-state index < -0.39 is 10.0 Å². The molecule has 3 N–H and O–H groups in total. The molecule has 0 atom stereocenters. The van der Waals surface area contributed by atoms with Crippen LogP contribution in [0.4, 0.5) is 11.4 Å². The van der Waals surface area contributed by atoms with Crippen molar-refractivity contribution in [1.82, 2.24) is 0 Å². The number of nitrogen functional groups attached to an aromatic ring is 1. The molecule has 0 heterocycles. The number of nitrogens with one attached hydrogen (secondary N) is 1. The summed E-state index contributed by atoms with van der Waals surface area (Å²) in [5.41, 5.74) is 7.61. The van der Waals surface area contributed by atoms with Crippen LogP contribution >= 0.6 is 0 Å². The topological polar surface area (TPSA) is 81.4 Å². The van der Waals surface area contributed by atoms with Crippen LogP contribution in [-0.4, -0.2) is 15.5 Å². The second kappa shape index (κ2) is 6.05. The van der Waals surface area contributed by atoms with Crippen LogP contribution in [0.5, 0.6) is 5.75 Å². The molecular weight excluding hydrogens is 288 g/mol. The van der Waals surface area contributed by atoms with Crippen LogP contribution in [0.1, 0.15) is 12.5 Å². The summed E-state index contributed by atoms with van der Waals surface area (Å²) in [4.78, 5) is 0.111. The average Bonchev–Trinajstić information content (AvgIpc) is 2.47. The summed E-state index contributed by atoms with van der Waals surface area (Å²) in [6, 6.07) is 11.7. The van der Waals surface area contributed by atoms with E-state index in [0.29, 0.717) is 17.1 Å². The number of para-hydroxylation sites is 1. The van der Waals surface area contributed by atoms with Gasteiger partial charge in [-0.05, 0) is 30.2 Å². The highest BCUT2D eigenvalue weighted by Crippen LogP contribution is 2.27. The number of hydrogen-bond donors (Lipinski definition) is 2. The van der Waals surface area contributed by atoms with Gasteiger partial charge in [-0.1, -0.05) is 25.1 Å². The Bertz CT molecular complexity index is 742. The summed E-state index contributed by atoms with van der Waals surface area (Å²) in [6.45, 7) is 1.97. The van der Waals surface area contributed by atoms with E-state index in [4.69, 9.17) is 10.5 Å². The van der Waals surface area contributed by atoms with E-state index in [9.17, 15) is 8.42 Å². The van der Waals surface area contributed by atoms with Crippen LogP contribution in [0.15, 0.2) is 47.4 Å². The quantitative estimate of drug-likeness (QED) is 0.832. The van der Waals surface area contributed by atoms with Gasteiger partial charge in [0.1, 0.15) is 5.75 Å². The number of methoxy groups -OCH3 is 1. The van der Waals surface area contributed by atoms with Crippen molar-refractivity contribution < 1.29 is 13.2 Å². The second-order valence-electron chi connectivity index (χ2n) is 4.52. The van der Waals surface area contributed by atoms with E-state index in [1.54, 1.807) is 12.1 Å². The van der Waals surface area contributed by atoms with Crippen molar-refractivity contribution >= 4 is 21.4 Å². The molecule has 0 amide bonds. The first kappa shape index (κ1) is 15.2. The summed E-state index contributed by atoms with van der Waals surface area (Å²) in [6.07, 6.45) is 0.740. The Labute approximate surface area is 124 Å². The fourth-order valence-corrected chi connectivity index (χ4v) is 3.11. The van der Waals surface area contributed by atoms with Gasteiger partial charge in [-0.3, -0.25) is 4.72 Å². The van der Waals surface area contributed by atoms with Crippen molar-refractivity contribution in [2.45, 2.75) is 18.2 Å². The Kier molecular flexibility index (Phi) is 4.37. The van der Waals surface area contributed by atoms with Crippen molar-refractivity contribution in [2.24, 2.45) is 0 Å². The fourth-order valence-electron chi connectivity index (χ4n) is 1.99. The van der Waals surface area contributed by atoms with E-state index in [2.05, 4.69) is 4.72 Å². The molecular formula is C15H18N2O3S. The van der Waals surface area contributed by atoms with Gasteiger partial charge in [0.2, 0.25) is 0 Å². The Balaban J connectivity index is 2.38. The molecule has 2 rings (SSSR count). The highest BCUT2D eigenvalue weighted by molar-refractivity contribution is 7.92. The van der Waals surface area contributed by atoms with Crippen molar-refractivity contribution in [2.75, 3.05) is 17.6 Å². The Morgan fingerprint density at radius 1 is 1.19 bits per heavy atom. The van der Waals surface area contributed by atoms with Crippen molar-refractivity contribution in [3.8, 4) is 5.75 Å². The van der Waals surface area contributed by atoms with Crippen LogP contribution in [0.25, 0.3) is 0 Å². The summed E-state index contributed by atoms with van der Waals surface area (Å²) < 4.78 is 32.5. The standard InChI is InChI=1S/C15H18N2O3S/c1-3-11-6-4-5-7-14(11)17-21(18,19)12-8-9-13(16)15(10-12)20-2/h4-10,17H,3,16H2,1-2H3. The molecule has 0 fully saturated rings. The molecule has 0 radical (unpaired) electrons. The summed E-state index contributed by atoms with van der Waals surface area (Å²) in [5, 5.41) is 0. The lowest BCUT2D eigenvalue weighted by Crippen LogP contribution is -2.14. The summed E-state index contributed by atoms with van der Waals surface area (Å²) >= 11 is 0. The Morgan fingerprint density at radius 3 is 2.57 bits per heavy atom. The fraction of sp³-hybridized carbons (Fsp3) is 0.200. The number of ether oxygens (including phenoxy) is 1. The maximum absolute atomic E-state index is 12.4. The average molecular weight is 306 g/mol.